The lowest BCUT2D eigenvalue weighted by molar-refractivity contribution is -0.137. The minimum atomic E-state index is -4.39. The Labute approximate surface area is 184 Å². The molecule has 0 N–H and O–H groups in total. The van der Waals surface area contributed by atoms with Gasteiger partial charge in [-0.3, -0.25) is 9.59 Å². The first-order valence-corrected chi connectivity index (χ1v) is 10.5. The van der Waals surface area contributed by atoms with E-state index in [0.29, 0.717) is 43.3 Å². The van der Waals surface area contributed by atoms with Gasteiger partial charge in [0.05, 0.1) is 11.3 Å². The number of carbonyl (C=O) groups is 2. The summed E-state index contributed by atoms with van der Waals surface area (Å²) in [5.74, 6) is 0.358. The van der Waals surface area contributed by atoms with Crippen molar-refractivity contribution >= 4 is 23.2 Å². The van der Waals surface area contributed by atoms with E-state index >= 15 is 0 Å². The molecule has 4 rings (SSSR count). The monoisotopic (exact) mass is 447 g/mol. The molecule has 0 bridgehead atoms. The highest BCUT2D eigenvalue weighted by Gasteiger charge is 2.31. The summed E-state index contributed by atoms with van der Waals surface area (Å²) in [5.41, 5.74) is 1.50. The Morgan fingerprint density at radius 3 is 2.53 bits per heavy atom. The van der Waals surface area contributed by atoms with Gasteiger partial charge in [0, 0.05) is 44.8 Å². The molecule has 0 unspecified atom stereocenters. The summed E-state index contributed by atoms with van der Waals surface area (Å²) < 4.78 is 44.4. The Morgan fingerprint density at radius 2 is 1.81 bits per heavy atom. The van der Waals surface area contributed by atoms with Gasteiger partial charge < -0.3 is 19.4 Å². The van der Waals surface area contributed by atoms with Gasteiger partial charge >= 0.3 is 6.18 Å². The molecule has 32 heavy (non-hydrogen) atoms. The van der Waals surface area contributed by atoms with Crippen molar-refractivity contribution in [1.29, 1.82) is 0 Å². The predicted octanol–water partition coefficient (Wildman–Crippen LogP) is 3.48. The largest absolute Gasteiger partial charge is 0.482 e. The van der Waals surface area contributed by atoms with Gasteiger partial charge in [-0.2, -0.15) is 13.2 Å². The maximum Gasteiger partial charge on any atom is 0.416 e. The molecule has 2 aromatic rings. The standard InChI is InChI=1S/C23H24F3N3O3/c1-16-5-6-19-20(13-16)32-15-22(31)29(19)8-7-21(30)28-11-9-27(10-12-28)18-4-2-3-17(14-18)23(24,25)26/h2-6,13-14H,7-12,15H2,1H3. The number of amides is 2. The number of piperazine rings is 1. The smallest absolute Gasteiger partial charge is 0.416 e. The van der Waals surface area contributed by atoms with Crippen molar-refractivity contribution in [3.05, 3.63) is 53.6 Å². The summed E-state index contributed by atoms with van der Waals surface area (Å²) in [5, 5.41) is 0. The second kappa shape index (κ2) is 8.72. The zero-order chi connectivity index (χ0) is 22.9. The first-order valence-electron chi connectivity index (χ1n) is 10.5. The molecule has 0 aliphatic carbocycles. The first-order chi connectivity index (χ1) is 15.2. The number of halogens is 3. The zero-order valence-corrected chi connectivity index (χ0v) is 17.7. The van der Waals surface area contributed by atoms with Gasteiger partial charge in [0.15, 0.2) is 6.61 Å². The Kier molecular flexibility index (Phi) is 5.99. The number of hydrogen-bond acceptors (Lipinski definition) is 4. The fourth-order valence-electron chi connectivity index (χ4n) is 4.02. The SMILES string of the molecule is Cc1ccc2c(c1)OCC(=O)N2CCC(=O)N1CCN(c2cccc(C(F)(F)F)c2)CC1. The predicted molar refractivity (Wildman–Crippen MR) is 114 cm³/mol. The molecule has 0 radical (unpaired) electrons. The number of fused-ring (bicyclic) bond motifs is 1. The summed E-state index contributed by atoms with van der Waals surface area (Å²) in [4.78, 5) is 30.2. The molecule has 0 saturated carbocycles. The van der Waals surface area contributed by atoms with Crippen molar-refractivity contribution in [2.24, 2.45) is 0 Å². The molecule has 170 valence electrons. The number of alkyl halides is 3. The minimum absolute atomic E-state index is 0.0553. The van der Waals surface area contributed by atoms with Crippen LogP contribution in [0.3, 0.4) is 0 Å². The van der Waals surface area contributed by atoms with Crippen molar-refractivity contribution in [3.8, 4) is 5.75 Å². The highest BCUT2D eigenvalue weighted by Crippen LogP contribution is 2.33. The van der Waals surface area contributed by atoms with Crippen LogP contribution in [0.5, 0.6) is 5.75 Å². The minimum Gasteiger partial charge on any atom is -0.482 e. The third-order valence-corrected chi connectivity index (χ3v) is 5.78. The molecule has 0 aromatic heterocycles. The zero-order valence-electron chi connectivity index (χ0n) is 17.7. The van der Waals surface area contributed by atoms with E-state index in [2.05, 4.69) is 0 Å². The van der Waals surface area contributed by atoms with Crippen LogP contribution in [0.15, 0.2) is 42.5 Å². The van der Waals surface area contributed by atoms with Crippen LogP contribution in [0.2, 0.25) is 0 Å². The highest BCUT2D eigenvalue weighted by atomic mass is 19.4. The van der Waals surface area contributed by atoms with Crippen molar-refractivity contribution in [1.82, 2.24) is 4.90 Å². The second-order valence-corrected chi connectivity index (χ2v) is 7.97. The molecule has 2 aromatic carbocycles. The maximum absolute atomic E-state index is 13.0. The quantitative estimate of drug-likeness (QED) is 0.720. The highest BCUT2D eigenvalue weighted by molar-refractivity contribution is 5.98. The Hall–Kier alpha value is -3.23. The van der Waals surface area contributed by atoms with Crippen LogP contribution in [0.25, 0.3) is 0 Å². The van der Waals surface area contributed by atoms with Crippen LogP contribution in [-0.2, 0) is 15.8 Å². The van der Waals surface area contributed by atoms with Gasteiger partial charge in [0.1, 0.15) is 5.75 Å². The number of anilines is 2. The van der Waals surface area contributed by atoms with Gasteiger partial charge in [0.2, 0.25) is 5.91 Å². The number of rotatable bonds is 4. The molecule has 2 aliphatic heterocycles. The molecule has 2 heterocycles. The van der Waals surface area contributed by atoms with E-state index in [-0.39, 0.29) is 31.4 Å². The van der Waals surface area contributed by atoms with Gasteiger partial charge in [-0.25, -0.2) is 0 Å². The number of nitrogens with zero attached hydrogens (tertiary/aromatic N) is 3. The number of hydrogen-bond donors (Lipinski definition) is 0. The maximum atomic E-state index is 13.0. The topological polar surface area (TPSA) is 53.1 Å². The van der Waals surface area contributed by atoms with Crippen LogP contribution >= 0.6 is 0 Å². The molecule has 0 atom stereocenters. The van der Waals surface area contributed by atoms with Gasteiger partial charge in [-0.05, 0) is 42.8 Å². The van der Waals surface area contributed by atoms with Gasteiger partial charge in [-0.1, -0.05) is 12.1 Å². The van der Waals surface area contributed by atoms with Crippen molar-refractivity contribution in [3.63, 3.8) is 0 Å². The molecule has 6 nitrogen and oxygen atoms in total. The summed E-state index contributed by atoms with van der Waals surface area (Å²) in [7, 11) is 0. The summed E-state index contributed by atoms with van der Waals surface area (Å²) in [6.45, 7) is 3.87. The van der Waals surface area contributed by atoms with E-state index in [1.165, 1.54) is 6.07 Å². The second-order valence-electron chi connectivity index (χ2n) is 7.97. The first kappa shape index (κ1) is 22.0. The van der Waals surface area contributed by atoms with Crippen LogP contribution < -0.4 is 14.5 Å². The fraction of sp³-hybridized carbons (Fsp3) is 0.391. The van der Waals surface area contributed by atoms with Gasteiger partial charge in [-0.15, -0.1) is 0 Å². The van der Waals surface area contributed by atoms with Gasteiger partial charge in [0.25, 0.3) is 5.91 Å². The molecule has 0 spiro atoms. The van der Waals surface area contributed by atoms with E-state index in [0.717, 1.165) is 17.7 Å². The third kappa shape index (κ3) is 4.66. The normalized spacial score (nSPS) is 16.6. The van der Waals surface area contributed by atoms with Crippen LogP contribution in [-0.4, -0.2) is 56.0 Å². The Balaban J connectivity index is 1.33. The Morgan fingerprint density at radius 1 is 1.06 bits per heavy atom. The molecular weight excluding hydrogens is 423 g/mol. The van der Waals surface area contributed by atoms with Crippen LogP contribution in [0, 0.1) is 6.92 Å². The average Bonchev–Trinajstić information content (AvgIpc) is 2.78. The van der Waals surface area contributed by atoms with E-state index in [1.54, 1.807) is 15.9 Å². The van der Waals surface area contributed by atoms with Crippen LogP contribution in [0.4, 0.5) is 24.5 Å². The summed E-state index contributed by atoms with van der Waals surface area (Å²) in [6.07, 6.45) is -4.22. The fourth-order valence-corrected chi connectivity index (χ4v) is 4.02. The van der Waals surface area contributed by atoms with Crippen molar-refractivity contribution in [2.75, 3.05) is 49.1 Å². The molecule has 9 heteroatoms. The van der Waals surface area contributed by atoms with E-state index in [1.807, 2.05) is 30.0 Å². The number of aryl methyl sites for hydroxylation is 1. The van der Waals surface area contributed by atoms with Crippen LogP contribution in [0.1, 0.15) is 17.5 Å². The Bertz CT molecular complexity index is 1020. The summed E-state index contributed by atoms with van der Waals surface area (Å²) in [6, 6.07) is 10.8. The lowest BCUT2D eigenvalue weighted by Crippen LogP contribution is -2.49. The molecule has 1 saturated heterocycles. The number of carbonyl (C=O) groups excluding carboxylic acids is 2. The lowest BCUT2D eigenvalue weighted by Gasteiger charge is -2.37. The third-order valence-electron chi connectivity index (χ3n) is 5.78. The van der Waals surface area contributed by atoms with Crippen molar-refractivity contribution in [2.45, 2.75) is 19.5 Å². The van der Waals surface area contributed by atoms with E-state index < -0.39 is 11.7 Å². The molecule has 2 aliphatic rings. The average molecular weight is 447 g/mol. The molecular formula is C23H24F3N3O3. The number of ether oxygens (including phenoxy) is 1. The molecule has 2 amide bonds. The van der Waals surface area contributed by atoms with E-state index in [4.69, 9.17) is 4.74 Å². The molecule has 1 fully saturated rings. The van der Waals surface area contributed by atoms with Crippen molar-refractivity contribution < 1.29 is 27.5 Å². The summed E-state index contributed by atoms with van der Waals surface area (Å²) >= 11 is 0. The lowest BCUT2D eigenvalue weighted by atomic mass is 10.1. The number of benzene rings is 2. The van der Waals surface area contributed by atoms with E-state index in [9.17, 15) is 22.8 Å².